The topological polar surface area (TPSA) is 35.6 Å². The highest BCUT2D eigenvalue weighted by Gasteiger charge is 2.23. The van der Waals surface area contributed by atoms with E-state index in [1.807, 2.05) is 6.07 Å². The van der Waals surface area contributed by atoms with Gasteiger partial charge in [-0.15, -0.1) is 0 Å². The number of benzene rings is 6. The van der Waals surface area contributed by atoms with Crippen molar-refractivity contribution < 1.29 is 0 Å². The van der Waals surface area contributed by atoms with Gasteiger partial charge in [0.1, 0.15) is 0 Å². The molecule has 0 fully saturated rings. The zero-order valence-electron chi connectivity index (χ0n) is 32.7. The van der Waals surface area contributed by atoms with Crippen molar-refractivity contribution in [2.24, 2.45) is 11.8 Å². The first-order valence-corrected chi connectivity index (χ1v) is 20.4. The molecule has 11 rings (SSSR count). The van der Waals surface area contributed by atoms with Gasteiger partial charge in [-0.2, -0.15) is 0 Å². The Labute approximate surface area is 338 Å². The quantitative estimate of drug-likeness (QED) is 0.170. The first-order chi connectivity index (χ1) is 28.6. The largest absolute Gasteiger partial charge is 0.313 e. The van der Waals surface area contributed by atoms with Crippen LogP contribution in [-0.4, -0.2) is 19.1 Å². The fourth-order valence-electron chi connectivity index (χ4n) is 9.21. The van der Waals surface area contributed by atoms with Crippen LogP contribution in [0.5, 0.6) is 0 Å². The molecule has 0 amide bonds. The van der Waals surface area contributed by atoms with E-state index in [1.165, 1.54) is 55.1 Å². The van der Waals surface area contributed by atoms with Crippen molar-refractivity contribution in [1.82, 2.24) is 19.1 Å². The Kier molecular flexibility index (Phi) is 8.18. The zero-order valence-corrected chi connectivity index (χ0v) is 32.7. The van der Waals surface area contributed by atoms with E-state index in [9.17, 15) is 0 Å². The summed E-state index contributed by atoms with van der Waals surface area (Å²) in [4.78, 5) is 10.6. The highest BCUT2D eigenvalue weighted by molar-refractivity contribution is 6.09. The average Bonchev–Trinajstić information content (AvgIpc) is 3.79. The van der Waals surface area contributed by atoms with Gasteiger partial charge in [-0.1, -0.05) is 153 Å². The van der Waals surface area contributed by atoms with Crippen molar-refractivity contribution in [1.29, 1.82) is 0 Å². The van der Waals surface area contributed by atoms with Crippen molar-refractivity contribution in [3.05, 3.63) is 193 Å². The Morgan fingerprint density at radius 2 is 1.05 bits per heavy atom. The second-order valence-corrected chi connectivity index (χ2v) is 16.0. The molecular weight excluding hydrogens is 705 g/mol. The molecule has 4 heteroatoms. The Balaban J connectivity index is 1.17. The molecule has 2 unspecified atom stereocenters. The molecule has 2 aliphatic carbocycles. The van der Waals surface area contributed by atoms with Crippen molar-refractivity contribution in [3.63, 3.8) is 0 Å². The Hall–Kier alpha value is -7.04. The van der Waals surface area contributed by atoms with Gasteiger partial charge in [-0.25, -0.2) is 9.97 Å². The van der Waals surface area contributed by atoms with Crippen LogP contribution in [0.15, 0.2) is 176 Å². The lowest BCUT2D eigenvalue weighted by atomic mass is 9.90. The maximum absolute atomic E-state index is 5.37. The van der Waals surface area contributed by atoms with Gasteiger partial charge in [0.25, 0.3) is 0 Å². The van der Waals surface area contributed by atoms with Crippen molar-refractivity contribution in [2.45, 2.75) is 26.7 Å². The molecule has 3 aromatic heterocycles. The van der Waals surface area contributed by atoms with Crippen LogP contribution in [0.1, 0.15) is 37.1 Å². The number of aromatic nitrogens is 4. The first-order valence-electron chi connectivity index (χ1n) is 20.4. The average molecular weight is 747 g/mol. The Morgan fingerprint density at radius 3 is 1.74 bits per heavy atom. The number of hydrogen-bond donors (Lipinski definition) is 0. The van der Waals surface area contributed by atoms with Crippen molar-refractivity contribution >= 4 is 44.4 Å². The lowest BCUT2D eigenvalue weighted by molar-refractivity contribution is 0.690. The second-order valence-electron chi connectivity index (χ2n) is 16.0. The summed E-state index contributed by atoms with van der Waals surface area (Å²) in [6, 6.07) is 54.8. The summed E-state index contributed by atoms with van der Waals surface area (Å²) in [6.45, 7) is 4.59. The summed E-state index contributed by atoms with van der Waals surface area (Å²) in [5.41, 5.74) is 15.9. The van der Waals surface area contributed by atoms with E-state index in [2.05, 4.69) is 199 Å². The van der Waals surface area contributed by atoms with Gasteiger partial charge in [0.05, 0.1) is 27.9 Å². The Bertz CT molecular complexity index is 3080. The van der Waals surface area contributed by atoms with E-state index in [1.54, 1.807) is 0 Å². The normalized spacial score (nSPS) is 16.3. The molecule has 6 aromatic carbocycles. The maximum atomic E-state index is 5.37. The van der Waals surface area contributed by atoms with Crippen molar-refractivity contribution in [3.8, 4) is 45.3 Å². The molecule has 2 atom stereocenters. The monoisotopic (exact) mass is 746 g/mol. The number of allylic oxidation sites excluding steroid dienone is 5. The van der Waals surface area contributed by atoms with Crippen LogP contribution >= 0.6 is 0 Å². The molecular formula is C54H42N4. The number of nitrogens with zero attached hydrogens (tertiary/aromatic N) is 4. The van der Waals surface area contributed by atoms with Crippen LogP contribution < -0.4 is 0 Å². The number of rotatable bonds is 6. The molecule has 0 radical (unpaired) electrons. The number of para-hydroxylation sites is 3. The molecule has 0 saturated heterocycles. The minimum atomic E-state index is 0.439. The van der Waals surface area contributed by atoms with E-state index in [0.29, 0.717) is 17.7 Å². The first kappa shape index (κ1) is 34.2. The van der Waals surface area contributed by atoms with Gasteiger partial charge < -0.3 is 9.13 Å². The maximum Gasteiger partial charge on any atom is 0.160 e. The van der Waals surface area contributed by atoms with Gasteiger partial charge in [0.2, 0.25) is 0 Å². The number of hydrogen-bond acceptors (Lipinski definition) is 2. The molecule has 0 saturated carbocycles. The predicted octanol–water partition coefficient (Wildman–Crippen LogP) is 13.7. The van der Waals surface area contributed by atoms with Gasteiger partial charge in [-0.05, 0) is 78.3 Å². The van der Waals surface area contributed by atoms with Crippen LogP contribution in [0.25, 0.3) is 89.6 Å². The minimum Gasteiger partial charge on any atom is -0.313 e. The molecule has 0 N–H and O–H groups in total. The molecule has 0 spiro atoms. The standard InChI is InChI=1S/C54H42N4/c1-35-13-12-16-40(29-35)37-24-26-38(27-25-37)48-34-49(56-54(55-48)39-14-4-3-5-15-39)41-31-42(57-50-20-9-6-17-44(50)45-18-7-10-21-51(45)57)33-43(32-41)58-52-22-11-8-19-46(52)47-28-23-36(2)30-53(47)58/h3-28,31-36H,29-30H2,1-2H3. The van der Waals surface area contributed by atoms with E-state index >= 15 is 0 Å². The molecule has 3 heterocycles. The van der Waals surface area contributed by atoms with Crippen molar-refractivity contribution in [2.75, 3.05) is 0 Å². The van der Waals surface area contributed by atoms with Gasteiger partial charge in [0.15, 0.2) is 5.82 Å². The molecule has 9 aromatic rings. The van der Waals surface area contributed by atoms with Gasteiger partial charge >= 0.3 is 0 Å². The lowest BCUT2D eigenvalue weighted by Crippen LogP contribution is -2.09. The summed E-state index contributed by atoms with van der Waals surface area (Å²) >= 11 is 0. The lowest BCUT2D eigenvalue weighted by Gasteiger charge is -2.20. The van der Waals surface area contributed by atoms with E-state index in [-0.39, 0.29) is 0 Å². The third-order valence-corrected chi connectivity index (χ3v) is 12.0. The number of fused-ring (bicyclic) bond motifs is 6. The zero-order chi connectivity index (χ0) is 38.7. The molecule has 4 nitrogen and oxygen atoms in total. The molecule has 0 aliphatic heterocycles. The summed E-state index contributed by atoms with van der Waals surface area (Å²) in [5.74, 6) is 1.68. The molecule has 278 valence electrons. The summed E-state index contributed by atoms with van der Waals surface area (Å²) < 4.78 is 4.92. The molecule has 2 aliphatic rings. The minimum absolute atomic E-state index is 0.439. The van der Waals surface area contributed by atoms with Gasteiger partial charge in [0, 0.05) is 55.5 Å². The van der Waals surface area contributed by atoms with Crippen LogP contribution in [0, 0.1) is 11.8 Å². The summed E-state index contributed by atoms with van der Waals surface area (Å²) in [5, 5.41) is 3.75. The van der Waals surface area contributed by atoms with Crippen LogP contribution in [0.4, 0.5) is 0 Å². The van der Waals surface area contributed by atoms with Crippen LogP contribution in [-0.2, 0) is 6.42 Å². The predicted molar refractivity (Wildman–Crippen MR) is 242 cm³/mol. The summed E-state index contributed by atoms with van der Waals surface area (Å²) in [7, 11) is 0. The second kappa shape index (κ2) is 13.9. The highest BCUT2D eigenvalue weighted by Crippen LogP contribution is 2.40. The summed E-state index contributed by atoms with van der Waals surface area (Å²) in [6.07, 6.45) is 13.4. The molecule has 58 heavy (non-hydrogen) atoms. The van der Waals surface area contributed by atoms with E-state index in [0.717, 1.165) is 52.3 Å². The fraction of sp³-hybridized carbons (Fsp3) is 0.111. The van der Waals surface area contributed by atoms with Crippen LogP contribution in [0.2, 0.25) is 0 Å². The Morgan fingerprint density at radius 1 is 0.483 bits per heavy atom. The van der Waals surface area contributed by atoms with E-state index in [4.69, 9.17) is 9.97 Å². The fourth-order valence-corrected chi connectivity index (χ4v) is 9.21. The van der Waals surface area contributed by atoms with Gasteiger partial charge in [-0.3, -0.25) is 0 Å². The third-order valence-electron chi connectivity index (χ3n) is 12.0. The smallest absolute Gasteiger partial charge is 0.160 e. The SMILES string of the molecule is CC1C=CC=C(c2ccc(-c3cc(-c4cc(-n5c6c(c7ccccc75)C=CC(C)C6)cc(-n5c6ccccc6c6ccccc65)c4)nc(-c4ccccc4)n3)cc2)C1. The van der Waals surface area contributed by atoms with E-state index < -0.39 is 0 Å². The van der Waals surface area contributed by atoms with Crippen LogP contribution in [0.3, 0.4) is 0 Å². The third kappa shape index (κ3) is 5.83. The highest BCUT2D eigenvalue weighted by atomic mass is 15.0. The molecule has 0 bridgehead atoms.